The highest BCUT2D eigenvalue weighted by atomic mass is 35.5. The van der Waals surface area contributed by atoms with Crippen molar-refractivity contribution < 1.29 is 9.90 Å². The van der Waals surface area contributed by atoms with Crippen LogP contribution in [0, 0.1) is 0 Å². The average molecular weight is 371 g/mol. The lowest BCUT2D eigenvalue weighted by Gasteiger charge is -2.22. The molecule has 0 spiro atoms. The van der Waals surface area contributed by atoms with E-state index in [0.717, 1.165) is 5.56 Å². The molecule has 1 aromatic heterocycles. The van der Waals surface area contributed by atoms with Crippen LogP contribution < -0.4 is 16.8 Å². The SMILES string of the molecule is NC[C@@H](Nc1c(CO)cnc2c(C(N)=O)cccc12)c1cccc(Cl)c1. The summed E-state index contributed by atoms with van der Waals surface area (Å²) >= 11 is 6.09. The van der Waals surface area contributed by atoms with Crippen molar-refractivity contribution in [3.8, 4) is 0 Å². The molecule has 0 saturated heterocycles. The number of fused-ring (bicyclic) bond motifs is 1. The van der Waals surface area contributed by atoms with E-state index >= 15 is 0 Å². The Morgan fingerprint density at radius 2 is 2.04 bits per heavy atom. The van der Waals surface area contributed by atoms with Crippen molar-refractivity contribution in [3.63, 3.8) is 0 Å². The minimum Gasteiger partial charge on any atom is -0.392 e. The lowest BCUT2D eigenvalue weighted by Crippen LogP contribution is -2.22. The van der Waals surface area contributed by atoms with E-state index in [0.29, 0.717) is 39.3 Å². The summed E-state index contributed by atoms with van der Waals surface area (Å²) in [6.07, 6.45) is 1.53. The number of hydrogen-bond donors (Lipinski definition) is 4. The van der Waals surface area contributed by atoms with Gasteiger partial charge in [-0.15, -0.1) is 0 Å². The molecule has 0 unspecified atom stereocenters. The fourth-order valence-corrected chi connectivity index (χ4v) is 3.13. The number of anilines is 1. The van der Waals surface area contributed by atoms with Crippen molar-refractivity contribution in [2.75, 3.05) is 11.9 Å². The molecule has 0 aliphatic carbocycles. The standard InChI is InChI=1S/C19H19ClN4O2/c20-13-4-1-3-11(7-13)16(8-21)24-17-12(10-25)9-23-18-14(17)5-2-6-15(18)19(22)26/h1-7,9,16,25H,8,10,21H2,(H2,22,26)(H,23,24)/t16-/m1/s1. The van der Waals surface area contributed by atoms with E-state index in [4.69, 9.17) is 23.1 Å². The van der Waals surface area contributed by atoms with E-state index in [1.807, 2.05) is 24.3 Å². The second-order valence-corrected chi connectivity index (χ2v) is 6.31. The van der Waals surface area contributed by atoms with Gasteiger partial charge in [-0.25, -0.2) is 0 Å². The van der Waals surface area contributed by atoms with Gasteiger partial charge >= 0.3 is 0 Å². The Balaban J connectivity index is 2.13. The monoisotopic (exact) mass is 370 g/mol. The van der Waals surface area contributed by atoms with Gasteiger partial charge in [0.15, 0.2) is 0 Å². The van der Waals surface area contributed by atoms with Gasteiger partial charge in [-0.05, 0) is 23.8 Å². The van der Waals surface area contributed by atoms with Crippen molar-refractivity contribution in [2.24, 2.45) is 11.5 Å². The molecule has 26 heavy (non-hydrogen) atoms. The van der Waals surface area contributed by atoms with Gasteiger partial charge in [-0.1, -0.05) is 35.9 Å². The van der Waals surface area contributed by atoms with Crippen LogP contribution in [0.2, 0.25) is 5.02 Å². The van der Waals surface area contributed by atoms with Crippen LogP contribution in [0.4, 0.5) is 5.69 Å². The van der Waals surface area contributed by atoms with Crippen LogP contribution in [0.5, 0.6) is 0 Å². The number of nitrogens with two attached hydrogens (primary N) is 2. The average Bonchev–Trinajstić information content (AvgIpc) is 2.65. The molecule has 0 aliphatic rings. The van der Waals surface area contributed by atoms with Gasteiger partial charge in [0, 0.05) is 28.7 Å². The summed E-state index contributed by atoms with van der Waals surface area (Å²) in [5.74, 6) is -0.559. The van der Waals surface area contributed by atoms with E-state index in [2.05, 4.69) is 10.3 Å². The number of nitrogens with one attached hydrogen (secondary N) is 1. The molecular weight excluding hydrogens is 352 g/mol. The number of amides is 1. The third kappa shape index (κ3) is 3.48. The van der Waals surface area contributed by atoms with Gasteiger partial charge in [-0.3, -0.25) is 9.78 Å². The molecule has 6 nitrogen and oxygen atoms in total. The number of hydrogen-bond acceptors (Lipinski definition) is 5. The highest BCUT2D eigenvalue weighted by Gasteiger charge is 2.17. The second kappa shape index (κ2) is 7.70. The maximum Gasteiger partial charge on any atom is 0.250 e. The Kier molecular flexibility index (Phi) is 5.37. The lowest BCUT2D eigenvalue weighted by atomic mass is 10.0. The third-order valence-corrected chi connectivity index (χ3v) is 4.45. The fraction of sp³-hybridized carbons (Fsp3) is 0.158. The Hall–Kier alpha value is -2.67. The first kappa shape index (κ1) is 18.1. The number of aliphatic hydroxyl groups excluding tert-OH is 1. The molecular formula is C19H19ClN4O2. The molecule has 0 saturated carbocycles. The third-order valence-electron chi connectivity index (χ3n) is 4.22. The van der Waals surface area contributed by atoms with E-state index in [1.54, 1.807) is 18.2 Å². The smallest absolute Gasteiger partial charge is 0.250 e. The number of carbonyl (C=O) groups excluding carboxylic acids is 1. The minimum atomic E-state index is -0.559. The number of pyridine rings is 1. The second-order valence-electron chi connectivity index (χ2n) is 5.87. The minimum absolute atomic E-state index is 0.209. The van der Waals surface area contributed by atoms with Crippen LogP contribution in [0.1, 0.15) is 27.5 Å². The number of para-hydroxylation sites is 1. The first-order chi connectivity index (χ1) is 12.5. The lowest BCUT2D eigenvalue weighted by molar-refractivity contribution is 0.100. The molecule has 1 atom stereocenters. The largest absolute Gasteiger partial charge is 0.392 e. The Bertz CT molecular complexity index is 961. The Morgan fingerprint density at radius 1 is 1.27 bits per heavy atom. The zero-order valence-corrected chi connectivity index (χ0v) is 14.7. The van der Waals surface area contributed by atoms with E-state index < -0.39 is 5.91 Å². The Labute approximate surface area is 155 Å². The number of rotatable bonds is 6. The normalized spacial score (nSPS) is 12.1. The number of nitrogens with zero attached hydrogens (tertiary/aromatic N) is 1. The quantitative estimate of drug-likeness (QED) is 0.532. The summed E-state index contributed by atoms with van der Waals surface area (Å²) in [7, 11) is 0. The predicted molar refractivity (Wildman–Crippen MR) is 103 cm³/mol. The summed E-state index contributed by atoms with van der Waals surface area (Å²) in [5, 5.41) is 14.4. The number of aromatic nitrogens is 1. The number of primary amides is 1. The molecule has 7 heteroatoms. The van der Waals surface area contributed by atoms with Crippen molar-refractivity contribution in [3.05, 3.63) is 70.4 Å². The summed E-state index contributed by atoms with van der Waals surface area (Å²) < 4.78 is 0. The van der Waals surface area contributed by atoms with Gasteiger partial charge in [-0.2, -0.15) is 0 Å². The first-order valence-electron chi connectivity index (χ1n) is 8.08. The highest BCUT2D eigenvalue weighted by molar-refractivity contribution is 6.30. The summed E-state index contributed by atoms with van der Waals surface area (Å²) in [5.41, 5.74) is 14.4. The van der Waals surface area contributed by atoms with E-state index in [-0.39, 0.29) is 12.6 Å². The maximum atomic E-state index is 11.7. The first-order valence-corrected chi connectivity index (χ1v) is 8.46. The van der Waals surface area contributed by atoms with Crippen LogP contribution in [-0.4, -0.2) is 22.5 Å². The Morgan fingerprint density at radius 3 is 2.69 bits per heavy atom. The van der Waals surface area contributed by atoms with Crippen molar-refractivity contribution in [1.29, 1.82) is 0 Å². The zero-order chi connectivity index (χ0) is 18.7. The van der Waals surface area contributed by atoms with Crippen molar-refractivity contribution in [2.45, 2.75) is 12.6 Å². The van der Waals surface area contributed by atoms with Gasteiger partial charge < -0.3 is 21.9 Å². The fourth-order valence-electron chi connectivity index (χ4n) is 2.93. The molecule has 3 aromatic rings. The van der Waals surface area contributed by atoms with Crippen LogP contribution in [-0.2, 0) is 6.61 Å². The maximum absolute atomic E-state index is 11.7. The number of benzene rings is 2. The summed E-state index contributed by atoms with van der Waals surface area (Å²) in [6.45, 7) is 0.101. The van der Waals surface area contributed by atoms with Crippen LogP contribution in [0.15, 0.2) is 48.7 Å². The predicted octanol–water partition coefficient (Wildman–Crippen LogP) is 2.59. The van der Waals surface area contributed by atoms with Gasteiger partial charge in [0.1, 0.15) is 0 Å². The molecule has 0 aliphatic heterocycles. The molecule has 2 aromatic carbocycles. The van der Waals surface area contributed by atoms with E-state index in [9.17, 15) is 9.90 Å². The summed E-state index contributed by atoms with van der Waals surface area (Å²) in [6, 6.07) is 12.3. The molecule has 0 bridgehead atoms. The summed E-state index contributed by atoms with van der Waals surface area (Å²) in [4.78, 5) is 16.0. The molecule has 1 amide bonds. The molecule has 3 rings (SSSR count). The van der Waals surface area contributed by atoms with E-state index in [1.165, 1.54) is 6.20 Å². The molecule has 6 N–H and O–H groups in total. The van der Waals surface area contributed by atoms with Crippen molar-refractivity contribution in [1.82, 2.24) is 4.98 Å². The molecule has 0 fully saturated rings. The topological polar surface area (TPSA) is 114 Å². The highest BCUT2D eigenvalue weighted by Crippen LogP contribution is 2.31. The van der Waals surface area contributed by atoms with Gasteiger partial charge in [0.2, 0.25) is 0 Å². The number of halogens is 1. The van der Waals surface area contributed by atoms with Crippen LogP contribution in [0.3, 0.4) is 0 Å². The van der Waals surface area contributed by atoms with Crippen LogP contribution in [0.25, 0.3) is 10.9 Å². The number of aliphatic hydroxyl groups is 1. The zero-order valence-electron chi connectivity index (χ0n) is 13.9. The molecule has 1 heterocycles. The van der Waals surface area contributed by atoms with Gasteiger partial charge in [0.25, 0.3) is 5.91 Å². The van der Waals surface area contributed by atoms with Gasteiger partial charge in [0.05, 0.1) is 29.4 Å². The van der Waals surface area contributed by atoms with Crippen molar-refractivity contribution >= 4 is 34.1 Å². The molecule has 0 radical (unpaired) electrons. The van der Waals surface area contributed by atoms with Crippen LogP contribution >= 0.6 is 11.6 Å². The number of carbonyl (C=O) groups is 1. The molecule has 134 valence electrons.